The number of ether oxygens (including phenoxy) is 2. The van der Waals surface area contributed by atoms with Crippen LogP contribution >= 0.6 is 0 Å². The lowest BCUT2D eigenvalue weighted by Crippen LogP contribution is -2.31. The molecule has 1 heterocycles. The van der Waals surface area contributed by atoms with Gasteiger partial charge in [0.25, 0.3) is 0 Å². The molecule has 0 amide bonds. The van der Waals surface area contributed by atoms with Gasteiger partial charge in [0, 0.05) is 23.4 Å². The minimum absolute atomic E-state index is 0.178. The molecule has 2 rings (SSSR count). The minimum Gasteiger partial charge on any atom is -0.496 e. The average molecular weight is 250 g/mol. The fourth-order valence-corrected chi connectivity index (χ4v) is 2.56. The summed E-state index contributed by atoms with van der Waals surface area (Å²) >= 11 is 0. The van der Waals surface area contributed by atoms with Gasteiger partial charge in [0.2, 0.25) is 0 Å². The van der Waals surface area contributed by atoms with E-state index < -0.39 is 0 Å². The predicted octanol–water partition coefficient (Wildman–Crippen LogP) is 2.10. The van der Waals surface area contributed by atoms with Gasteiger partial charge in [0.1, 0.15) is 5.75 Å². The summed E-state index contributed by atoms with van der Waals surface area (Å²) in [6.45, 7) is 4.53. The fraction of sp³-hybridized carbons (Fsp3) is 0.643. The molecule has 4 heteroatoms. The van der Waals surface area contributed by atoms with Gasteiger partial charge in [-0.05, 0) is 33.1 Å². The van der Waals surface area contributed by atoms with Crippen LogP contribution in [0, 0.1) is 13.8 Å². The number of methoxy groups -OCH3 is 1. The van der Waals surface area contributed by atoms with E-state index in [-0.39, 0.29) is 12.1 Å². The smallest absolute Gasteiger partial charge is 0.128 e. The van der Waals surface area contributed by atoms with Crippen LogP contribution < -0.4 is 10.5 Å². The Morgan fingerprint density at radius 1 is 1.39 bits per heavy atom. The van der Waals surface area contributed by atoms with Crippen molar-refractivity contribution in [2.45, 2.75) is 51.9 Å². The first-order chi connectivity index (χ1) is 8.63. The molecule has 2 N–H and O–H groups in total. The number of hydrogen-bond acceptors (Lipinski definition) is 4. The normalized spacial score (nSPS) is 23.3. The molecular weight excluding hydrogens is 228 g/mol. The highest BCUT2D eigenvalue weighted by atomic mass is 16.5. The molecule has 0 aliphatic heterocycles. The second-order valence-electron chi connectivity index (χ2n) is 4.99. The average Bonchev–Trinajstić information content (AvgIpc) is 2.75. The third-order valence-corrected chi connectivity index (χ3v) is 3.69. The Morgan fingerprint density at radius 2 is 2.17 bits per heavy atom. The lowest BCUT2D eigenvalue weighted by molar-refractivity contribution is 0.0335. The summed E-state index contributed by atoms with van der Waals surface area (Å²) in [4.78, 5) is 4.43. The van der Waals surface area contributed by atoms with Crippen LogP contribution in [0.4, 0.5) is 0 Å². The largest absolute Gasteiger partial charge is 0.496 e. The quantitative estimate of drug-likeness (QED) is 0.889. The number of hydrogen-bond donors (Lipinski definition) is 1. The van der Waals surface area contributed by atoms with Gasteiger partial charge >= 0.3 is 0 Å². The Labute approximate surface area is 108 Å². The van der Waals surface area contributed by atoms with Crippen molar-refractivity contribution in [3.63, 3.8) is 0 Å². The van der Waals surface area contributed by atoms with E-state index in [1.165, 1.54) is 0 Å². The van der Waals surface area contributed by atoms with E-state index in [0.717, 1.165) is 41.8 Å². The lowest BCUT2D eigenvalue weighted by Gasteiger charge is -2.18. The Hall–Kier alpha value is -1.13. The molecule has 2 unspecified atom stereocenters. The zero-order valence-electron chi connectivity index (χ0n) is 11.4. The molecule has 18 heavy (non-hydrogen) atoms. The molecule has 0 saturated heterocycles. The molecule has 1 aliphatic rings. The second-order valence-corrected chi connectivity index (χ2v) is 4.99. The fourth-order valence-electron chi connectivity index (χ4n) is 2.56. The highest BCUT2D eigenvalue weighted by molar-refractivity contribution is 5.40. The van der Waals surface area contributed by atoms with Crippen LogP contribution in [-0.2, 0) is 11.3 Å². The van der Waals surface area contributed by atoms with Crippen LogP contribution in [0.3, 0.4) is 0 Å². The van der Waals surface area contributed by atoms with Crippen LogP contribution in [0.2, 0.25) is 0 Å². The molecule has 0 spiro atoms. The number of aromatic nitrogens is 1. The Balaban J connectivity index is 2.05. The van der Waals surface area contributed by atoms with Crippen molar-refractivity contribution in [1.29, 1.82) is 0 Å². The van der Waals surface area contributed by atoms with Crippen LogP contribution in [0.1, 0.15) is 36.1 Å². The maximum absolute atomic E-state index is 5.99. The standard InChI is InChI=1S/C14H22N2O2/c1-9-7-16-12(10(2)14(9)17-3)8-18-13-6-4-5-11(13)15/h7,11,13H,4-6,8,15H2,1-3H3. The zero-order chi connectivity index (χ0) is 13.1. The molecule has 1 aromatic heterocycles. The Morgan fingerprint density at radius 3 is 2.78 bits per heavy atom. The summed E-state index contributed by atoms with van der Waals surface area (Å²) in [6.07, 6.45) is 5.30. The van der Waals surface area contributed by atoms with Gasteiger partial charge in [-0.1, -0.05) is 0 Å². The van der Waals surface area contributed by atoms with Crippen molar-refractivity contribution in [1.82, 2.24) is 4.98 Å². The molecule has 0 bridgehead atoms. The molecular formula is C14H22N2O2. The maximum atomic E-state index is 5.99. The number of pyridine rings is 1. The molecule has 0 aromatic carbocycles. The van der Waals surface area contributed by atoms with Gasteiger partial charge in [0.05, 0.1) is 25.5 Å². The van der Waals surface area contributed by atoms with E-state index in [1.54, 1.807) is 7.11 Å². The number of nitrogens with zero attached hydrogens (tertiary/aromatic N) is 1. The monoisotopic (exact) mass is 250 g/mol. The summed E-state index contributed by atoms with van der Waals surface area (Å²) in [5.74, 6) is 0.902. The SMILES string of the molecule is COc1c(C)cnc(COC2CCCC2N)c1C. The molecule has 1 saturated carbocycles. The molecule has 0 radical (unpaired) electrons. The van der Waals surface area contributed by atoms with Crippen LogP contribution in [0.25, 0.3) is 0 Å². The van der Waals surface area contributed by atoms with Gasteiger partial charge in [-0.25, -0.2) is 0 Å². The second kappa shape index (κ2) is 5.67. The lowest BCUT2D eigenvalue weighted by atomic mass is 10.1. The summed E-state index contributed by atoms with van der Waals surface area (Å²) in [5, 5.41) is 0. The first-order valence-electron chi connectivity index (χ1n) is 6.49. The minimum atomic E-state index is 0.178. The topological polar surface area (TPSA) is 57.4 Å². The van der Waals surface area contributed by atoms with Crippen molar-refractivity contribution in [2.75, 3.05) is 7.11 Å². The summed E-state index contributed by atoms with van der Waals surface area (Å²) in [7, 11) is 1.69. The van der Waals surface area contributed by atoms with Crippen molar-refractivity contribution in [3.05, 3.63) is 23.0 Å². The van der Waals surface area contributed by atoms with Crippen LogP contribution in [-0.4, -0.2) is 24.2 Å². The van der Waals surface area contributed by atoms with Gasteiger partial charge in [-0.2, -0.15) is 0 Å². The highest BCUT2D eigenvalue weighted by Crippen LogP contribution is 2.26. The molecule has 4 nitrogen and oxygen atoms in total. The molecule has 2 atom stereocenters. The summed E-state index contributed by atoms with van der Waals surface area (Å²) in [6, 6.07) is 0.178. The summed E-state index contributed by atoms with van der Waals surface area (Å²) < 4.78 is 11.3. The summed E-state index contributed by atoms with van der Waals surface area (Å²) in [5.41, 5.74) is 9.04. The van der Waals surface area contributed by atoms with Gasteiger partial charge in [-0.3, -0.25) is 4.98 Å². The number of nitrogens with two attached hydrogens (primary N) is 1. The van der Waals surface area contributed by atoms with Crippen molar-refractivity contribution < 1.29 is 9.47 Å². The third kappa shape index (κ3) is 2.65. The van der Waals surface area contributed by atoms with Crippen molar-refractivity contribution >= 4 is 0 Å². The predicted molar refractivity (Wildman–Crippen MR) is 70.7 cm³/mol. The molecule has 1 fully saturated rings. The molecule has 100 valence electrons. The Kier molecular flexibility index (Phi) is 4.19. The van der Waals surface area contributed by atoms with Gasteiger partial charge in [-0.15, -0.1) is 0 Å². The van der Waals surface area contributed by atoms with Crippen LogP contribution in [0.5, 0.6) is 5.75 Å². The molecule has 1 aliphatic carbocycles. The van der Waals surface area contributed by atoms with E-state index in [1.807, 2.05) is 20.0 Å². The number of aryl methyl sites for hydroxylation is 1. The third-order valence-electron chi connectivity index (χ3n) is 3.69. The van der Waals surface area contributed by atoms with Gasteiger partial charge in [0.15, 0.2) is 0 Å². The van der Waals surface area contributed by atoms with Crippen molar-refractivity contribution in [2.24, 2.45) is 5.73 Å². The zero-order valence-corrected chi connectivity index (χ0v) is 11.4. The van der Waals surface area contributed by atoms with Gasteiger partial charge < -0.3 is 15.2 Å². The maximum Gasteiger partial charge on any atom is 0.128 e. The highest BCUT2D eigenvalue weighted by Gasteiger charge is 2.24. The Bertz CT molecular complexity index is 421. The van der Waals surface area contributed by atoms with E-state index >= 15 is 0 Å². The first-order valence-corrected chi connectivity index (χ1v) is 6.49. The van der Waals surface area contributed by atoms with Crippen LogP contribution in [0.15, 0.2) is 6.20 Å². The number of rotatable bonds is 4. The van der Waals surface area contributed by atoms with E-state index in [0.29, 0.717) is 6.61 Å². The van der Waals surface area contributed by atoms with E-state index in [9.17, 15) is 0 Å². The van der Waals surface area contributed by atoms with E-state index in [4.69, 9.17) is 15.2 Å². The first kappa shape index (κ1) is 13.3. The van der Waals surface area contributed by atoms with E-state index in [2.05, 4.69) is 4.98 Å². The van der Waals surface area contributed by atoms with Crippen molar-refractivity contribution in [3.8, 4) is 5.75 Å². The molecule has 1 aromatic rings.